The number of methoxy groups -OCH3 is 2. The lowest BCUT2D eigenvalue weighted by Crippen LogP contribution is -2.48. The molecule has 0 saturated carbocycles. The number of nitrogens with one attached hydrogen (secondary N) is 1. The summed E-state index contributed by atoms with van der Waals surface area (Å²) in [5.74, 6) is 0.634. The van der Waals surface area contributed by atoms with Crippen molar-refractivity contribution in [3.63, 3.8) is 0 Å². The summed E-state index contributed by atoms with van der Waals surface area (Å²) >= 11 is 6.04. The molecule has 1 atom stereocenters. The smallest absolute Gasteiger partial charge is 0.243 e. The maximum atomic E-state index is 12.7. The van der Waals surface area contributed by atoms with Crippen molar-refractivity contribution in [1.82, 2.24) is 5.32 Å². The van der Waals surface area contributed by atoms with E-state index in [1.54, 1.807) is 19.2 Å². The van der Waals surface area contributed by atoms with Crippen LogP contribution in [0.5, 0.6) is 11.5 Å². The average molecular weight is 441 g/mol. The highest BCUT2D eigenvalue weighted by atomic mass is 35.5. The number of hydrogen-bond acceptors (Lipinski definition) is 5. The van der Waals surface area contributed by atoms with E-state index in [1.807, 2.05) is 24.3 Å². The molecule has 0 radical (unpaired) electrons. The molecule has 0 heterocycles. The molecule has 1 N–H and O–H groups in total. The van der Waals surface area contributed by atoms with Crippen molar-refractivity contribution >= 4 is 33.2 Å². The number of carbonyl (C=O) groups is 1. The predicted octanol–water partition coefficient (Wildman–Crippen LogP) is 2.87. The molecular formula is C20H25ClN2O5S. The van der Waals surface area contributed by atoms with Crippen LogP contribution in [0.4, 0.5) is 5.69 Å². The van der Waals surface area contributed by atoms with Crippen molar-refractivity contribution in [2.75, 3.05) is 31.3 Å². The van der Waals surface area contributed by atoms with E-state index in [0.717, 1.165) is 21.9 Å². The first-order valence-corrected chi connectivity index (χ1v) is 11.1. The van der Waals surface area contributed by atoms with Gasteiger partial charge in [0, 0.05) is 11.6 Å². The Morgan fingerprint density at radius 2 is 1.79 bits per heavy atom. The molecule has 0 unspecified atom stereocenters. The van der Waals surface area contributed by atoms with Crippen molar-refractivity contribution in [3.05, 3.63) is 53.1 Å². The summed E-state index contributed by atoms with van der Waals surface area (Å²) in [6.07, 6.45) is 1.64. The predicted molar refractivity (Wildman–Crippen MR) is 114 cm³/mol. The van der Waals surface area contributed by atoms with Gasteiger partial charge in [-0.3, -0.25) is 9.10 Å². The Kier molecular flexibility index (Phi) is 7.75. The van der Waals surface area contributed by atoms with Gasteiger partial charge >= 0.3 is 0 Å². The molecule has 9 heteroatoms. The number of rotatable bonds is 9. The van der Waals surface area contributed by atoms with Gasteiger partial charge in [0.15, 0.2) is 0 Å². The van der Waals surface area contributed by atoms with Gasteiger partial charge in [-0.15, -0.1) is 0 Å². The highest BCUT2D eigenvalue weighted by Gasteiger charge is 2.31. The molecule has 7 nitrogen and oxygen atoms in total. The minimum Gasteiger partial charge on any atom is -0.497 e. The van der Waals surface area contributed by atoms with E-state index in [4.69, 9.17) is 21.1 Å². The first kappa shape index (κ1) is 22.8. The third-order valence-corrected chi connectivity index (χ3v) is 5.80. The van der Waals surface area contributed by atoms with E-state index in [1.165, 1.54) is 20.1 Å². The number of hydrogen-bond donors (Lipinski definition) is 1. The zero-order valence-electron chi connectivity index (χ0n) is 16.8. The summed E-state index contributed by atoms with van der Waals surface area (Å²) in [6.45, 7) is 1.88. The summed E-state index contributed by atoms with van der Waals surface area (Å²) in [5, 5.41) is 3.12. The van der Waals surface area contributed by atoms with Gasteiger partial charge in [-0.25, -0.2) is 8.42 Å². The van der Waals surface area contributed by atoms with Gasteiger partial charge in [-0.2, -0.15) is 0 Å². The highest BCUT2D eigenvalue weighted by Crippen LogP contribution is 2.34. The van der Waals surface area contributed by atoms with Gasteiger partial charge in [-0.1, -0.05) is 23.7 Å². The van der Waals surface area contributed by atoms with Crippen LogP contribution in [-0.2, 0) is 21.2 Å². The van der Waals surface area contributed by atoms with Crippen LogP contribution in [0.1, 0.15) is 12.5 Å². The molecule has 0 aliphatic heterocycles. The van der Waals surface area contributed by atoms with Crippen molar-refractivity contribution in [2.45, 2.75) is 19.4 Å². The van der Waals surface area contributed by atoms with Gasteiger partial charge in [0.1, 0.15) is 17.5 Å². The minimum absolute atomic E-state index is 0.209. The Hall–Kier alpha value is -2.45. The molecule has 0 aliphatic carbocycles. The molecule has 0 aliphatic rings. The van der Waals surface area contributed by atoms with Gasteiger partial charge in [0.2, 0.25) is 15.9 Å². The SMILES string of the molecule is COc1ccc(CCNC(=O)[C@H](C)N(c2cc(Cl)ccc2OC)S(C)(=O)=O)cc1. The summed E-state index contributed by atoms with van der Waals surface area (Å²) in [7, 11) is -0.757. The molecule has 29 heavy (non-hydrogen) atoms. The standard InChI is InChI=1S/C20H25ClN2O5S/c1-14(20(24)22-12-11-15-5-8-17(27-2)9-6-15)23(29(4,25)26)18-13-16(21)7-10-19(18)28-3/h5-10,13-14H,11-12H2,1-4H3,(H,22,24)/t14-/m0/s1. The number of nitrogens with zero attached hydrogens (tertiary/aromatic N) is 1. The second-order valence-corrected chi connectivity index (χ2v) is 8.74. The molecule has 1 amide bonds. The number of carbonyl (C=O) groups excluding carboxylic acids is 1. The fraction of sp³-hybridized carbons (Fsp3) is 0.350. The maximum absolute atomic E-state index is 12.7. The van der Waals surface area contributed by atoms with Crippen LogP contribution in [0.3, 0.4) is 0 Å². The van der Waals surface area contributed by atoms with E-state index >= 15 is 0 Å². The zero-order chi connectivity index (χ0) is 21.6. The van der Waals surface area contributed by atoms with E-state index in [0.29, 0.717) is 23.7 Å². The van der Waals surface area contributed by atoms with Crippen molar-refractivity contribution in [1.29, 1.82) is 0 Å². The molecule has 0 aromatic heterocycles. The fourth-order valence-electron chi connectivity index (χ4n) is 2.89. The van der Waals surface area contributed by atoms with Gasteiger partial charge < -0.3 is 14.8 Å². The summed E-state index contributed by atoms with van der Waals surface area (Å²) in [6, 6.07) is 11.1. The molecule has 0 bridgehead atoms. The lowest BCUT2D eigenvalue weighted by molar-refractivity contribution is -0.121. The van der Waals surface area contributed by atoms with Crippen molar-refractivity contribution in [2.24, 2.45) is 0 Å². The first-order chi connectivity index (χ1) is 13.7. The van der Waals surface area contributed by atoms with Crippen LogP contribution in [0.2, 0.25) is 5.02 Å². The minimum atomic E-state index is -3.78. The second-order valence-electron chi connectivity index (χ2n) is 6.44. The maximum Gasteiger partial charge on any atom is 0.243 e. The van der Waals surface area contributed by atoms with E-state index in [2.05, 4.69) is 5.32 Å². The number of ether oxygens (including phenoxy) is 2. The second kappa shape index (κ2) is 9.84. The largest absolute Gasteiger partial charge is 0.497 e. The monoisotopic (exact) mass is 440 g/mol. The number of amides is 1. The first-order valence-electron chi connectivity index (χ1n) is 8.91. The van der Waals surface area contributed by atoms with E-state index < -0.39 is 22.0 Å². The number of benzene rings is 2. The van der Waals surface area contributed by atoms with Crippen molar-refractivity contribution in [3.8, 4) is 11.5 Å². The Balaban J connectivity index is 2.14. The van der Waals surface area contributed by atoms with Gasteiger partial charge in [0.25, 0.3) is 0 Å². The summed E-state index contributed by atoms with van der Waals surface area (Å²) < 4.78 is 36.3. The molecule has 0 spiro atoms. The average Bonchev–Trinajstić information content (AvgIpc) is 2.67. The van der Waals surface area contributed by atoms with Crippen LogP contribution >= 0.6 is 11.6 Å². The Bertz CT molecular complexity index is 948. The third kappa shape index (κ3) is 6.01. The topological polar surface area (TPSA) is 84.9 Å². The summed E-state index contributed by atoms with van der Waals surface area (Å²) in [4.78, 5) is 12.7. The number of sulfonamides is 1. The third-order valence-electron chi connectivity index (χ3n) is 4.34. The molecular weight excluding hydrogens is 416 g/mol. The molecule has 158 valence electrons. The number of anilines is 1. The molecule has 0 fully saturated rings. The van der Waals surface area contributed by atoms with Gasteiger partial charge in [-0.05, 0) is 49.2 Å². The fourth-order valence-corrected chi connectivity index (χ4v) is 4.22. The molecule has 0 saturated heterocycles. The number of halogens is 1. The van der Waals surface area contributed by atoms with Crippen LogP contribution < -0.4 is 19.1 Å². The Morgan fingerprint density at radius 1 is 1.14 bits per heavy atom. The molecule has 2 aromatic rings. The van der Waals surface area contributed by atoms with Gasteiger partial charge in [0.05, 0.1) is 26.2 Å². The van der Waals surface area contributed by atoms with E-state index in [-0.39, 0.29) is 5.69 Å². The lowest BCUT2D eigenvalue weighted by Gasteiger charge is -2.29. The molecule has 2 rings (SSSR count). The lowest BCUT2D eigenvalue weighted by atomic mass is 10.1. The Labute approximate surface area is 176 Å². The van der Waals surface area contributed by atoms with Crippen LogP contribution in [0, 0.1) is 0 Å². The van der Waals surface area contributed by atoms with Crippen molar-refractivity contribution < 1.29 is 22.7 Å². The normalized spacial score (nSPS) is 12.2. The van der Waals surface area contributed by atoms with E-state index in [9.17, 15) is 13.2 Å². The van der Waals surface area contributed by atoms with Crippen LogP contribution in [0.15, 0.2) is 42.5 Å². The zero-order valence-corrected chi connectivity index (χ0v) is 18.4. The molecule has 2 aromatic carbocycles. The Morgan fingerprint density at radius 3 is 2.34 bits per heavy atom. The van der Waals surface area contributed by atoms with Crippen LogP contribution in [-0.4, -0.2) is 47.4 Å². The summed E-state index contributed by atoms with van der Waals surface area (Å²) in [5.41, 5.74) is 1.23. The quantitative estimate of drug-likeness (QED) is 0.648. The highest BCUT2D eigenvalue weighted by molar-refractivity contribution is 7.92. The van der Waals surface area contributed by atoms with Crippen LogP contribution in [0.25, 0.3) is 0 Å².